The first-order valence-electron chi connectivity index (χ1n) is 6.90. The van der Waals surface area contributed by atoms with Gasteiger partial charge in [-0.25, -0.2) is 0 Å². The zero-order chi connectivity index (χ0) is 13.7. The predicted octanol–water partition coefficient (Wildman–Crippen LogP) is 1.54. The molecule has 4 nitrogen and oxygen atoms in total. The van der Waals surface area contributed by atoms with Crippen molar-refractivity contribution in [2.24, 2.45) is 0 Å². The van der Waals surface area contributed by atoms with E-state index in [1.54, 1.807) is 14.2 Å². The summed E-state index contributed by atoms with van der Waals surface area (Å²) in [6, 6.07) is 6.80. The fourth-order valence-electron chi connectivity index (χ4n) is 2.52. The SMILES string of the molecule is COc1ccc(CCN2CCNCC2C)cc1OC. The van der Waals surface area contributed by atoms with Crippen molar-refractivity contribution in [1.29, 1.82) is 0 Å². The first-order chi connectivity index (χ1) is 9.24. The van der Waals surface area contributed by atoms with E-state index < -0.39 is 0 Å². The maximum atomic E-state index is 5.34. The molecule has 1 fully saturated rings. The summed E-state index contributed by atoms with van der Waals surface area (Å²) in [6.07, 6.45) is 1.05. The lowest BCUT2D eigenvalue weighted by molar-refractivity contribution is 0.176. The Morgan fingerprint density at radius 1 is 1.26 bits per heavy atom. The molecule has 0 aliphatic carbocycles. The lowest BCUT2D eigenvalue weighted by atomic mass is 10.1. The molecule has 106 valence electrons. The quantitative estimate of drug-likeness (QED) is 0.874. The molecule has 1 saturated heterocycles. The van der Waals surface area contributed by atoms with Gasteiger partial charge in [0.05, 0.1) is 14.2 Å². The molecule has 0 radical (unpaired) electrons. The van der Waals surface area contributed by atoms with Crippen LogP contribution in [0.15, 0.2) is 18.2 Å². The van der Waals surface area contributed by atoms with Crippen molar-refractivity contribution in [3.63, 3.8) is 0 Å². The fraction of sp³-hybridized carbons (Fsp3) is 0.600. The van der Waals surface area contributed by atoms with E-state index in [-0.39, 0.29) is 0 Å². The number of nitrogens with zero attached hydrogens (tertiary/aromatic N) is 1. The van der Waals surface area contributed by atoms with Gasteiger partial charge in [0.15, 0.2) is 11.5 Å². The summed E-state index contributed by atoms with van der Waals surface area (Å²) in [5.41, 5.74) is 1.29. The van der Waals surface area contributed by atoms with Crippen molar-refractivity contribution >= 4 is 0 Å². The summed E-state index contributed by atoms with van der Waals surface area (Å²) in [6.45, 7) is 6.69. The van der Waals surface area contributed by atoms with E-state index in [9.17, 15) is 0 Å². The Kier molecular flexibility index (Phi) is 5.05. The molecule has 1 aliphatic heterocycles. The maximum Gasteiger partial charge on any atom is 0.160 e. The van der Waals surface area contributed by atoms with Crippen LogP contribution in [0.25, 0.3) is 0 Å². The van der Waals surface area contributed by atoms with Crippen molar-refractivity contribution in [3.8, 4) is 11.5 Å². The van der Waals surface area contributed by atoms with Crippen LogP contribution in [0.5, 0.6) is 11.5 Å². The average molecular weight is 264 g/mol. The number of rotatable bonds is 5. The molecule has 0 spiro atoms. The van der Waals surface area contributed by atoms with Crippen LogP contribution >= 0.6 is 0 Å². The molecule has 4 heteroatoms. The van der Waals surface area contributed by atoms with Gasteiger partial charge in [-0.2, -0.15) is 0 Å². The van der Waals surface area contributed by atoms with E-state index in [1.807, 2.05) is 6.07 Å². The van der Waals surface area contributed by atoms with Gasteiger partial charge < -0.3 is 14.8 Å². The van der Waals surface area contributed by atoms with E-state index in [0.29, 0.717) is 6.04 Å². The molecule has 0 aromatic heterocycles. The molecule has 1 N–H and O–H groups in total. The van der Waals surface area contributed by atoms with Gasteiger partial charge in [-0.05, 0) is 31.0 Å². The molecule has 1 unspecified atom stereocenters. The number of hydrogen-bond acceptors (Lipinski definition) is 4. The first kappa shape index (κ1) is 14.2. The number of ether oxygens (including phenoxy) is 2. The Labute approximate surface area is 115 Å². The van der Waals surface area contributed by atoms with Crippen LogP contribution in [0.4, 0.5) is 0 Å². The Morgan fingerprint density at radius 3 is 2.74 bits per heavy atom. The number of piperazine rings is 1. The lowest BCUT2D eigenvalue weighted by Crippen LogP contribution is -2.50. The van der Waals surface area contributed by atoms with Crippen LogP contribution in [0.1, 0.15) is 12.5 Å². The van der Waals surface area contributed by atoms with E-state index in [0.717, 1.165) is 44.1 Å². The Balaban J connectivity index is 1.95. The van der Waals surface area contributed by atoms with Gasteiger partial charge >= 0.3 is 0 Å². The Morgan fingerprint density at radius 2 is 2.05 bits per heavy atom. The molecule has 1 atom stereocenters. The summed E-state index contributed by atoms with van der Waals surface area (Å²) < 4.78 is 10.6. The van der Waals surface area contributed by atoms with E-state index in [4.69, 9.17) is 9.47 Å². The molecule has 19 heavy (non-hydrogen) atoms. The van der Waals surface area contributed by atoms with Gasteiger partial charge in [0.1, 0.15) is 0 Å². The van der Waals surface area contributed by atoms with Gasteiger partial charge in [0.2, 0.25) is 0 Å². The molecule has 1 heterocycles. The lowest BCUT2D eigenvalue weighted by Gasteiger charge is -2.33. The molecule has 2 rings (SSSR count). The van der Waals surface area contributed by atoms with Gasteiger partial charge in [0, 0.05) is 32.2 Å². The number of hydrogen-bond donors (Lipinski definition) is 1. The zero-order valence-electron chi connectivity index (χ0n) is 12.1. The minimum absolute atomic E-state index is 0.619. The summed E-state index contributed by atoms with van der Waals surface area (Å²) in [4.78, 5) is 2.53. The second kappa shape index (κ2) is 6.78. The monoisotopic (exact) mass is 264 g/mol. The third-order valence-electron chi connectivity index (χ3n) is 3.77. The number of nitrogens with one attached hydrogen (secondary N) is 1. The van der Waals surface area contributed by atoms with E-state index >= 15 is 0 Å². The molecule has 1 aliphatic rings. The van der Waals surface area contributed by atoms with Crippen molar-refractivity contribution in [2.45, 2.75) is 19.4 Å². The van der Waals surface area contributed by atoms with Crippen LogP contribution in [-0.4, -0.2) is 51.3 Å². The zero-order valence-corrected chi connectivity index (χ0v) is 12.1. The third-order valence-corrected chi connectivity index (χ3v) is 3.77. The van der Waals surface area contributed by atoms with Crippen molar-refractivity contribution in [1.82, 2.24) is 10.2 Å². The van der Waals surface area contributed by atoms with E-state index in [2.05, 4.69) is 29.3 Å². The highest BCUT2D eigenvalue weighted by molar-refractivity contribution is 5.42. The predicted molar refractivity (Wildman–Crippen MR) is 77.2 cm³/mol. The topological polar surface area (TPSA) is 33.7 Å². The highest BCUT2D eigenvalue weighted by Gasteiger charge is 2.17. The second-order valence-corrected chi connectivity index (χ2v) is 5.03. The molecule has 0 amide bonds. The second-order valence-electron chi connectivity index (χ2n) is 5.03. The minimum atomic E-state index is 0.619. The van der Waals surface area contributed by atoms with Crippen LogP contribution in [0.2, 0.25) is 0 Å². The van der Waals surface area contributed by atoms with Crippen LogP contribution in [0, 0.1) is 0 Å². The van der Waals surface area contributed by atoms with Gasteiger partial charge in [-0.3, -0.25) is 4.90 Å². The smallest absolute Gasteiger partial charge is 0.160 e. The normalized spacial score (nSPS) is 20.3. The minimum Gasteiger partial charge on any atom is -0.493 e. The highest BCUT2D eigenvalue weighted by Crippen LogP contribution is 2.27. The molecular formula is C15H24N2O2. The molecule has 1 aromatic rings. The van der Waals surface area contributed by atoms with Crippen molar-refractivity contribution in [2.75, 3.05) is 40.4 Å². The van der Waals surface area contributed by atoms with Gasteiger partial charge in [0.25, 0.3) is 0 Å². The third kappa shape index (κ3) is 3.61. The first-order valence-corrected chi connectivity index (χ1v) is 6.90. The maximum absolute atomic E-state index is 5.34. The van der Waals surface area contributed by atoms with E-state index in [1.165, 1.54) is 5.56 Å². The summed E-state index contributed by atoms with van der Waals surface area (Å²) in [5.74, 6) is 1.61. The fourth-order valence-corrected chi connectivity index (χ4v) is 2.52. The van der Waals surface area contributed by atoms with Crippen LogP contribution < -0.4 is 14.8 Å². The summed E-state index contributed by atoms with van der Waals surface area (Å²) >= 11 is 0. The number of benzene rings is 1. The van der Waals surface area contributed by atoms with Crippen LogP contribution in [-0.2, 0) is 6.42 Å². The number of methoxy groups -OCH3 is 2. The molecular weight excluding hydrogens is 240 g/mol. The van der Waals surface area contributed by atoms with Crippen LogP contribution in [0.3, 0.4) is 0 Å². The molecule has 1 aromatic carbocycles. The highest BCUT2D eigenvalue weighted by atomic mass is 16.5. The van der Waals surface area contributed by atoms with Crippen molar-refractivity contribution < 1.29 is 9.47 Å². The Hall–Kier alpha value is -1.26. The average Bonchev–Trinajstić information content (AvgIpc) is 2.46. The van der Waals surface area contributed by atoms with Gasteiger partial charge in [-0.15, -0.1) is 0 Å². The molecule has 0 bridgehead atoms. The van der Waals surface area contributed by atoms with Crippen molar-refractivity contribution in [3.05, 3.63) is 23.8 Å². The summed E-state index contributed by atoms with van der Waals surface area (Å²) in [5, 5.41) is 3.42. The molecule has 0 saturated carbocycles. The van der Waals surface area contributed by atoms with Gasteiger partial charge in [-0.1, -0.05) is 6.07 Å². The largest absolute Gasteiger partial charge is 0.493 e. The Bertz CT molecular complexity index is 409. The summed E-state index contributed by atoms with van der Waals surface area (Å²) in [7, 11) is 3.35. The standard InChI is InChI=1S/C15H24N2O2/c1-12-11-16-7-9-17(12)8-6-13-4-5-14(18-2)15(10-13)19-3/h4-5,10,12,16H,6-9,11H2,1-3H3.